The van der Waals surface area contributed by atoms with E-state index in [1.165, 1.54) is 14.2 Å². The van der Waals surface area contributed by atoms with Gasteiger partial charge in [-0.2, -0.15) is 0 Å². The maximum absolute atomic E-state index is 12.7. The third kappa shape index (κ3) is 2.99. The maximum Gasteiger partial charge on any atom is 0.286 e. The van der Waals surface area contributed by atoms with Crippen LogP contribution < -0.4 is 20.5 Å². The van der Waals surface area contributed by atoms with Crippen molar-refractivity contribution < 1.29 is 23.5 Å². The first-order chi connectivity index (χ1) is 12.0. The lowest BCUT2D eigenvalue weighted by Crippen LogP contribution is -2.17. The number of amides is 2. The van der Waals surface area contributed by atoms with Crippen LogP contribution in [0.3, 0.4) is 0 Å². The number of benzene rings is 2. The Morgan fingerprint density at radius 2 is 1.84 bits per heavy atom. The normalized spacial score (nSPS) is 10.5. The summed E-state index contributed by atoms with van der Waals surface area (Å²) in [5.41, 5.74) is 6.32. The first kappa shape index (κ1) is 16.4. The van der Waals surface area contributed by atoms with Crippen molar-refractivity contribution in [2.24, 2.45) is 5.73 Å². The van der Waals surface area contributed by atoms with Crippen LogP contribution in [0.15, 0.2) is 46.9 Å². The van der Waals surface area contributed by atoms with E-state index in [0.717, 1.165) is 0 Å². The predicted octanol–water partition coefficient (Wildman–Crippen LogP) is 2.80. The predicted molar refractivity (Wildman–Crippen MR) is 92.2 cm³/mol. The molecule has 0 atom stereocenters. The number of hydrogen-bond acceptors (Lipinski definition) is 5. The lowest BCUT2D eigenvalue weighted by molar-refractivity contribution is 0.0977. The molecule has 128 valence electrons. The number of para-hydroxylation sites is 1. The number of rotatable bonds is 5. The van der Waals surface area contributed by atoms with Gasteiger partial charge in [0.15, 0.2) is 0 Å². The average molecular weight is 340 g/mol. The summed E-state index contributed by atoms with van der Waals surface area (Å²) >= 11 is 0. The molecule has 3 aromatic rings. The van der Waals surface area contributed by atoms with Crippen molar-refractivity contribution >= 4 is 28.5 Å². The number of nitrogens with two attached hydrogens (primary N) is 1. The molecule has 7 nitrogen and oxygen atoms in total. The third-order valence-electron chi connectivity index (χ3n) is 3.71. The molecule has 0 fully saturated rings. The minimum atomic E-state index is -0.770. The molecule has 0 saturated heterocycles. The fourth-order valence-electron chi connectivity index (χ4n) is 2.51. The summed E-state index contributed by atoms with van der Waals surface area (Å²) in [6, 6.07) is 11.7. The zero-order valence-electron chi connectivity index (χ0n) is 13.7. The Bertz CT molecular complexity index is 961. The first-order valence-corrected chi connectivity index (χ1v) is 7.40. The number of hydrogen-bond donors (Lipinski definition) is 2. The van der Waals surface area contributed by atoms with E-state index in [2.05, 4.69) is 5.32 Å². The van der Waals surface area contributed by atoms with Crippen LogP contribution in [0.25, 0.3) is 11.0 Å². The summed E-state index contributed by atoms with van der Waals surface area (Å²) in [5, 5.41) is 3.27. The third-order valence-corrected chi connectivity index (χ3v) is 3.71. The number of carbonyl (C=O) groups excluding carboxylic acids is 2. The van der Waals surface area contributed by atoms with Crippen molar-refractivity contribution in [3.63, 3.8) is 0 Å². The molecular formula is C18H16N2O5. The van der Waals surface area contributed by atoms with Gasteiger partial charge in [0.1, 0.15) is 22.8 Å². The van der Waals surface area contributed by atoms with Gasteiger partial charge in [-0.05, 0) is 24.3 Å². The van der Waals surface area contributed by atoms with Gasteiger partial charge in [0.2, 0.25) is 5.76 Å². The molecule has 2 aromatic carbocycles. The highest BCUT2D eigenvalue weighted by atomic mass is 16.5. The summed E-state index contributed by atoms with van der Waals surface area (Å²) in [5.74, 6) is -0.450. The van der Waals surface area contributed by atoms with E-state index < -0.39 is 11.8 Å². The van der Waals surface area contributed by atoms with E-state index in [-0.39, 0.29) is 17.0 Å². The van der Waals surface area contributed by atoms with E-state index in [0.29, 0.717) is 22.5 Å². The first-order valence-electron chi connectivity index (χ1n) is 7.40. The second-order valence-corrected chi connectivity index (χ2v) is 5.19. The van der Waals surface area contributed by atoms with Gasteiger partial charge in [-0.15, -0.1) is 0 Å². The van der Waals surface area contributed by atoms with Crippen molar-refractivity contribution in [3.8, 4) is 11.5 Å². The molecule has 0 spiro atoms. The molecule has 0 bridgehead atoms. The SMILES string of the molecule is COc1ccc(C(=O)Nc2c(C(N)=O)oc3ccccc23)c(OC)c1. The number of primary amides is 1. The van der Waals surface area contributed by atoms with Gasteiger partial charge < -0.3 is 24.9 Å². The second-order valence-electron chi connectivity index (χ2n) is 5.19. The summed E-state index contributed by atoms with van der Waals surface area (Å²) in [4.78, 5) is 24.3. The molecule has 1 aromatic heterocycles. The second kappa shape index (κ2) is 6.56. The van der Waals surface area contributed by atoms with Crippen LogP contribution in [0.1, 0.15) is 20.9 Å². The number of carbonyl (C=O) groups is 2. The van der Waals surface area contributed by atoms with Crippen LogP contribution in [0.5, 0.6) is 11.5 Å². The van der Waals surface area contributed by atoms with E-state index in [4.69, 9.17) is 19.6 Å². The highest BCUT2D eigenvalue weighted by Crippen LogP contribution is 2.32. The fraction of sp³-hybridized carbons (Fsp3) is 0.111. The topological polar surface area (TPSA) is 104 Å². The van der Waals surface area contributed by atoms with Gasteiger partial charge in [-0.1, -0.05) is 12.1 Å². The van der Waals surface area contributed by atoms with Crippen LogP contribution in [-0.2, 0) is 0 Å². The molecule has 3 N–H and O–H groups in total. The molecule has 0 unspecified atom stereocenters. The van der Waals surface area contributed by atoms with Gasteiger partial charge in [0.05, 0.1) is 19.8 Å². The van der Waals surface area contributed by atoms with Crippen molar-refractivity contribution in [3.05, 3.63) is 53.8 Å². The molecule has 3 rings (SSSR count). The average Bonchev–Trinajstić information content (AvgIpc) is 3.00. The van der Waals surface area contributed by atoms with Gasteiger partial charge in [0.25, 0.3) is 11.8 Å². The summed E-state index contributed by atoms with van der Waals surface area (Å²) in [6.45, 7) is 0. The Kier molecular flexibility index (Phi) is 4.30. The Balaban J connectivity index is 2.03. The number of methoxy groups -OCH3 is 2. The summed E-state index contributed by atoms with van der Waals surface area (Å²) in [6.07, 6.45) is 0. The zero-order chi connectivity index (χ0) is 18.0. The quantitative estimate of drug-likeness (QED) is 0.743. The molecule has 2 amide bonds. The Labute approximate surface area is 143 Å². The number of nitrogens with one attached hydrogen (secondary N) is 1. The van der Waals surface area contributed by atoms with Crippen molar-refractivity contribution in [1.29, 1.82) is 0 Å². The molecule has 25 heavy (non-hydrogen) atoms. The summed E-state index contributed by atoms with van der Waals surface area (Å²) < 4.78 is 15.8. The highest BCUT2D eigenvalue weighted by molar-refractivity contribution is 6.14. The Morgan fingerprint density at radius 3 is 2.52 bits per heavy atom. The number of furan rings is 1. The van der Waals surface area contributed by atoms with Crippen LogP contribution in [0, 0.1) is 0 Å². The van der Waals surface area contributed by atoms with Crippen LogP contribution in [0.2, 0.25) is 0 Å². The molecule has 7 heteroatoms. The molecule has 1 heterocycles. The van der Waals surface area contributed by atoms with Crippen LogP contribution in [-0.4, -0.2) is 26.0 Å². The Morgan fingerprint density at radius 1 is 1.08 bits per heavy atom. The largest absolute Gasteiger partial charge is 0.497 e. The van der Waals surface area contributed by atoms with Crippen molar-refractivity contribution in [2.45, 2.75) is 0 Å². The Hall–Kier alpha value is -3.48. The van der Waals surface area contributed by atoms with E-state index in [1.807, 2.05) is 0 Å². The van der Waals surface area contributed by atoms with Crippen LogP contribution in [0.4, 0.5) is 5.69 Å². The number of fused-ring (bicyclic) bond motifs is 1. The lowest BCUT2D eigenvalue weighted by atomic mass is 10.1. The van der Waals surface area contributed by atoms with Gasteiger partial charge in [0, 0.05) is 11.5 Å². The molecular weight excluding hydrogens is 324 g/mol. The molecule has 0 aliphatic heterocycles. The highest BCUT2D eigenvalue weighted by Gasteiger charge is 2.22. The zero-order valence-corrected chi connectivity index (χ0v) is 13.7. The monoisotopic (exact) mass is 340 g/mol. The standard InChI is InChI=1S/C18H16N2O5/c1-23-10-7-8-12(14(9-10)24-2)18(22)20-15-11-5-3-4-6-13(11)25-16(15)17(19)21/h3-9H,1-2H3,(H2,19,21)(H,20,22). The maximum atomic E-state index is 12.7. The van der Waals surface area contributed by atoms with Gasteiger partial charge >= 0.3 is 0 Å². The fourth-order valence-corrected chi connectivity index (χ4v) is 2.51. The van der Waals surface area contributed by atoms with E-state index in [9.17, 15) is 9.59 Å². The molecule has 0 saturated carbocycles. The summed E-state index contributed by atoms with van der Waals surface area (Å²) in [7, 11) is 2.97. The van der Waals surface area contributed by atoms with E-state index in [1.54, 1.807) is 42.5 Å². The number of ether oxygens (including phenoxy) is 2. The van der Waals surface area contributed by atoms with E-state index >= 15 is 0 Å². The lowest BCUT2D eigenvalue weighted by Gasteiger charge is -2.10. The minimum absolute atomic E-state index is 0.109. The molecule has 0 radical (unpaired) electrons. The number of anilines is 1. The van der Waals surface area contributed by atoms with Gasteiger partial charge in [-0.3, -0.25) is 9.59 Å². The van der Waals surface area contributed by atoms with Crippen molar-refractivity contribution in [2.75, 3.05) is 19.5 Å². The minimum Gasteiger partial charge on any atom is -0.497 e. The smallest absolute Gasteiger partial charge is 0.286 e. The van der Waals surface area contributed by atoms with Crippen LogP contribution >= 0.6 is 0 Å². The molecule has 0 aliphatic rings. The van der Waals surface area contributed by atoms with Gasteiger partial charge in [-0.25, -0.2) is 0 Å². The van der Waals surface area contributed by atoms with Crippen molar-refractivity contribution in [1.82, 2.24) is 0 Å². The molecule has 0 aliphatic carbocycles.